The number of ketones is 1. The summed E-state index contributed by atoms with van der Waals surface area (Å²) in [5.41, 5.74) is 0.220. The lowest BCUT2D eigenvalue weighted by Crippen LogP contribution is -2.46. The maximum absolute atomic E-state index is 12.7. The van der Waals surface area contributed by atoms with Crippen LogP contribution in [0.4, 0.5) is 0 Å². The summed E-state index contributed by atoms with van der Waals surface area (Å²) in [4.78, 5) is 25.3. The molecule has 1 saturated carbocycles. The van der Waals surface area contributed by atoms with Crippen molar-refractivity contribution in [1.29, 1.82) is 0 Å². The van der Waals surface area contributed by atoms with Gasteiger partial charge in [-0.1, -0.05) is 56.2 Å². The fraction of sp³-hybridized carbons (Fsp3) is 0.583. The maximum Gasteiger partial charge on any atom is 0.259 e. The monoisotopic (exact) mass is 399 g/mol. The standard InChI is InChI=1S/C24H33NO4/c1-5-6-7-8-17-15(3)12-16-11-14(2)9-10-18(16)24(17,4)22(28)20-21(27)19(13-26)25-23(20)29/h5-8,12,14,16-19,26,28H,9-11,13H2,1-4H3,(H,25,29)/b6-5+,8-7+,22-20+/t14?,16-,17+,18+,19-,24+/m1/s1. The zero-order valence-corrected chi connectivity index (χ0v) is 17.8. The first kappa shape index (κ1) is 21.6. The number of fused-ring (bicyclic) bond motifs is 1. The molecule has 5 heteroatoms. The third-order valence-corrected chi connectivity index (χ3v) is 7.18. The summed E-state index contributed by atoms with van der Waals surface area (Å²) >= 11 is 0. The minimum Gasteiger partial charge on any atom is -0.511 e. The van der Waals surface area contributed by atoms with E-state index in [0.717, 1.165) is 24.8 Å². The highest BCUT2D eigenvalue weighted by atomic mass is 16.3. The Morgan fingerprint density at radius 1 is 1.31 bits per heavy atom. The molecule has 1 unspecified atom stereocenters. The predicted octanol–water partition coefficient (Wildman–Crippen LogP) is 3.63. The molecule has 1 heterocycles. The number of amides is 1. The Kier molecular flexibility index (Phi) is 6.18. The number of nitrogens with one attached hydrogen (secondary N) is 1. The van der Waals surface area contributed by atoms with Crippen LogP contribution in [0.1, 0.15) is 47.0 Å². The minimum absolute atomic E-state index is 0.116. The van der Waals surface area contributed by atoms with Crippen LogP contribution in [0, 0.1) is 29.1 Å². The van der Waals surface area contributed by atoms with E-state index in [0.29, 0.717) is 11.8 Å². The van der Waals surface area contributed by atoms with Gasteiger partial charge in [0.25, 0.3) is 5.91 Å². The highest BCUT2D eigenvalue weighted by molar-refractivity contribution is 6.27. The van der Waals surface area contributed by atoms with E-state index in [2.05, 4.69) is 31.3 Å². The van der Waals surface area contributed by atoms with Crippen molar-refractivity contribution >= 4 is 11.7 Å². The van der Waals surface area contributed by atoms with Crippen molar-refractivity contribution in [3.63, 3.8) is 0 Å². The van der Waals surface area contributed by atoms with Gasteiger partial charge in [-0.15, -0.1) is 0 Å². The van der Waals surface area contributed by atoms with Gasteiger partial charge in [0.2, 0.25) is 0 Å². The molecule has 1 saturated heterocycles. The van der Waals surface area contributed by atoms with Crippen molar-refractivity contribution in [1.82, 2.24) is 5.32 Å². The average molecular weight is 400 g/mol. The molecular formula is C24H33NO4. The van der Waals surface area contributed by atoms with Crippen LogP contribution in [-0.2, 0) is 9.59 Å². The summed E-state index contributed by atoms with van der Waals surface area (Å²) in [7, 11) is 0. The first-order valence-electron chi connectivity index (χ1n) is 10.6. The summed E-state index contributed by atoms with van der Waals surface area (Å²) in [5.74, 6) is -0.269. The van der Waals surface area contributed by atoms with Crippen molar-refractivity contribution in [3.8, 4) is 0 Å². The highest BCUT2D eigenvalue weighted by Gasteiger charge is 2.54. The fourth-order valence-corrected chi connectivity index (χ4v) is 5.66. The normalized spacial score (nSPS) is 39.6. The van der Waals surface area contributed by atoms with Crippen LogP contribution in [0.15, 0.2) is 47.3 Å². The van der Waals surface area contributed by atoms with Gasteiger partial charge in [0.1, 0.15) is 17.4 Å². The second kappa shape index (κ2) is 8.31. The molecule has 5 nitrogen and oxygen atoms in total. The van der Waals surface area contributed by atoms with Crippen LogP contribution in [0.3, 0.4) is 0 Å². The number of carbonyl (C=O) groups is 2. The zero-order valence-electron chi connectivity index (χ0n) is 17.8. The molecule has 3 aliphatic rings. The largest absolute Gasteiger partial charge is 0.511 e. The van der Waals surface area contributed by atoms with Gasteiger partial charge in [0.05, 0.1) is 6.61 Å². The smallest absolute Gasteiger partial charge is 0.259 e. The average Bonchev–Trinajstić information content (AvgIpc) is 2.96. The SMILES string of the molecule is C/C=C/C=C/[C@H]1C(C)=C[C@H]2CC(C)CC[C@@H]2[C@@]1(C)/C(O)=C1\C(=O)N[C@H](CO)C1=O. The Hall–Kier alpha value is -2.14. The second-order valence-corrected chi connectivity index (χ2v) is 9.07. The number of aliphatic hydroxyl groups is 2. The molecule has 158 valence electrons. The van der Waals surface area contributed by atoms with Crippen molar-refractivity contribution in [3.05, 3.63) is 47.3 Å². The van der Waals surface area contributed by atoms with Crippen molar-refractivity contribution in [2.24, 2.45) is 29.1 Å². The molecule has 0 aromatic carbocycles. The van der Waals surface area contributed by atoms with Crippen molar-refractivity contribution in [2.45, 2.75) is 53.0 Å². The molecule has 3 rings (SSSR count). The lowest BCUT2D eigenvalue weighted by Gasteiger charge is -2.52. The zero-order chi connectivity index (χ0) is 21.3. The molecule has 0 aromatic rings. The first-order chi connectivity index (χ1) is 13.7. The number of carbonyl (C=O) groups excluding carboxylic acids is 2. The highest BCUT2D eigenvalue weighted by Crippen LogP contribution is 2.57. The van der Waals surface area contributed by atoms with Gasteiger partial charge in [-0.3, -0.25) is 9.59 Å². The third-order valence-electron chi connectivity index (χ3n) is 7.18. The Balaban J connectivity index is 2.16. The van der Waals surface area contributed by atoms with E-state index < -0.39 is 29.8 Å². The molecule has 2 fully saturated rings. The van der Waals surface area contributed by atoms with Crippen LogP contribution >= 0.6 is 0 Å². The van der Waals surface area contributed by atoms with Crippen LogP contribution in [-0.4, -0.2) is 34.6 Å². The van der Waals surface area contributed by atoms with Gasteiger partial charge < -0.3 is 15.5 Å². The van der Waals surface area contributed by atoms with Gasteiger partial charge in [0.15, 0.2) is 5.78 Å². The number of rotatable bonds is 4. The van der Waals surface area contributed by atoms with Gasteiger partial charge in [-0.2, -0.15) is 0 Å². The van der Waals surface area contributed by atoms with Crippen LogP contribution < -0.4 is 5.32 Å². The Morgan fingerprint density at radius 3 is 2.66 bits per heavy atom. The molecule has 1 aliphatic heterocycles. The van der Waals surface area contributed by atoms with Crippen molar-refractivity contribution < 1.29 is 19.8 Å². The van der Waals surface area contributed by atoms with E-state index in [1.165, 1.54) is 0 Å². The van der Waals surface area contributed by atoms with E-state index in [9.17, 15) is 19.8 Å². The molecule has 0 radical (unpaired) electrons. The Bertz CT molecular complexity index is 806. The van der Waals surface area contributed by atoms with Gasteiger partial charge in [0, 0.05) is 11.3 Å². The molecule has 0 aromatic heterocycles. The van der Waals surface area contributed by atoms with Gasteiger partial charge >= 0.3 is 0 Å². The fourth-order valence-electron chi connectivity index (χ4n) is 5.66. The number of hydrogen-bond donors (Lipinski definition) is 3. The number of aliphatic hydroxyl groups excluding tert-OH is 2. The minimum atomic E-state index is -0.970. The summed E-state index contributed by atoms with van der Waals surface area (Å²) in [6.07, 6.45) is 13.3. The summed E-state index contributed by atoms with van der Waals surface area (Å²) in [5, 5.41) is 23.4. The van der Waals surface area contributed by atoms with Gasteiger partial charge in [-0.05, 0) is 44.4 Å². The summed E-state index contributed by atoms with van der Waals surface area (Å²) in [6.45, 7) is 7.81. The van der Waals surface area contributed by atoms with Gasteiger partial charge in [-0.25, -0.2) is 0 Å². The van der Waals surface area contributed by atoms with Crippen LogP contribution in [0.2, 0.25) is 0 Å². The number of hydrogen-bond acceptors (Lipinski definition) is 4. The van der Waals surface area contributed by atoms with E-state index in [4.69, 9.17) is 0 Å². The lowest BCUT2D eigenvalue weighted by atomic mass is 9.52. The lowest BCUT2D eigenvalue weighted by molar-refractivity contribution is -0.118. The van der Waals surface area contributed by atoms with E-state index in [1.54, 1.807) is 0 Å². The third kappa shape index (κ3) is 3.61. The number of allylic oxidation sites excluding steroid dienone is 7. The predicted molar refractivity (Wildman–Crippen MR) is 113 cm³/mol. The molecule has 0 bridgehead atoms. The second-order valence-electron chi connectivity index (χ2n) is 9.07. The molecular weight excluding hydrogens is 366 g/mol. The van der Waals surface area contributed by atoms with E-state index >= 15 is 0 Å². The first-order valence-corrected chi connectivity index (χ1v) is 10.6. The molecule has 1 amide bonds. The molecule has 6 atom stereocenters. The molecule has 29 heavy (non-hydrogen) atoms. The number of Topliss-reactive ketones (excluding diaryl/α,β-unsaturated/α-hetero) is 1. The molecule has 3 N–H and O–H groups in total. The Morgan fingerprint density at radius 2 is 2.03 bits per heavy atom. The van der Waals surface area contributed by atoms with E-state index in [-0.39, 0.29) is 23.2 Å². The van der Waals surface area contributed by atoms with Crippen LogP contribution in [0.25, 0.3) is 0 Å². The van der Waals surface area contributed by atoms with Crippen molar-refractivity contribution in [2.75, 3.05) is 6.61 Å². The maximum atomic E-state index is 12.7. The van der Waals surface area contributed by atoms with E-state index in [1.807, 2.05) is 32.1 Å². The molecule has 2 aliphatic carbocycles. The Labute approximate surface area is 173 Å². The molecule has 0 spiro atoms. The van der Waals surface area contributed by atoms with Crippen LogP contribution in [0.5, 0.6) is 0 Å². The topological polar surface area (TPSA) is 86.6 Å². The quantitative estimate of drug-likeness (QED) is 0.222. The summed E-state index contributed by atoms with van der Waals surface area (Å²) in [6, 6.07) is -0.970. The summed E-state index contributed by atoms with van der Waals surface area (Å²) < 4.78 is 0.